The molecular weight excluding hydrogens is 176 g/mol. The van der Waals surface area contributed by atoms with Gasteiger partial charge in [0.2, 0.25) is 0 Å². The number of nitrogens with zero attached hydrogens (tertiary/aromatic N) is 1. The number of hydrogen-bond donors (Lipinski definition) is 1. The summed E-state index contributed by atoms with van der Waals surface area (Å²) in [5.74, 6) is 0.820. The van der Waals surface area contributed by atoms with Crippen molar-refractivity contribution < 1.29 is 4.74 Å². The van der Waals surface area contributed by atoms with Gasteiger partial charge in [0.1, 0.15) is 5.75 Å². The summed E-state index contributed by atoms with van der Waals surface area (Å²) >= 11 is 0. The largest absolute Gasteiger partial charge is 0.492 e. The Morgan fingerprint density at radius 1 is 1.50 bits per heavy atom. The maximum Gasteiger partial charge on any atom is 0.137 e. The quantitative estimate of drug-likeness (QED) is 0.778. The van der Waals surface area contributed by atoms with Crippen molar-refractivity contribution in [2.45, 2.75) is 20.3 Å². The van der Waals surface area contributed by atoms with Gasteiger partial charge in [-0.1, -0.05) is 13.8 Å². The zero-order valence-electron chi connectivity index (χ0n) is 8.86. The van der Waals surface area contributed by atoms with Crippen molar-refractivity contribution in [2.24, 2.45) is 11.1 Å². The van der Waals surface area contributed by atoms with Crippen molar-refractivity contribution in [3.8, 4) is 5.75 Å². The molecule has 0 unspecified atom stereocenters. The molecule has 0 radical (unpaired) electrons. The molecule has 1 aromatic rings. The molecule has 0 aliphatic carbocycles. The van der Waals surface area contributed by atoms with E-state index in [1.54, 1.807) is 12.4 Å². The third kappa shape index (κ3) is 3.75. The van der Waals surface area contributed by atoms with Gasteiger partial charge in [-0.25, -0.2) is 0 Å². The van der Waals surface area contributed by atoms with E-state index >= 15 is 0 Å². The maximum atomic E-state index is 5.62. The molecule has 0 aromatic carbocycles. The Hall–Kier alpha value is -1.09. The normalized spacial score (nSPS) is 11.4. The first-order valence-electron chi connectivity index (χ1n) is 4.87. The molecule has 0 spiro atoms. The standard InChI is InChI=1S/C11H18N2O/c1-11(2,9-12)5-7-14-10-4-3-6-13-8-10/h3-4,6,8H,5,7,9,12H2,1-2H3. The van der Waals surface area contributed by atoms with Crippen molar-refractivity contribution in [2.75, 3.05) is 13.2 Å². The maximum absolute atomic E-state index is 5.62. The van der Waals surface area contributed by atoms with Crippen LogP contribution in [0.1, 0.15) is 20.3 Å². The van der Waals surface area contributed by atoms with E-state index in [1.165, 1.54) is 0 Å². The number of nitrogens with two attached hydrogens (primary N) is 1. The van der Waals surface area contributed by atoms with Gasteiger partial charge in [-0.05, 0) is 30.5 Å². The molecule has 0 atom stereocenters. The molecule has 0 aliphatic rings. The Morgan fingerprint density at radius 2 is 2.29 bits per heavy atom. The van der Waals surface area contributed by atoms with Gasteiger partial charge in [-0.15, -0.1) is 0 Å². The summed E-state index contributed by atoms with van der Waals surface area (Å²) < 4.78 is 5.53. The predicted octanol–water partition coefficient (Wildman–Crippen LogP) is 1.84. The van der Waals surface area contributed by atoms with E-state index in [0.29, 0.717) is 13.2 Å². The average molecular weight is 194 g/mol. The summed E-state index contributed by atoms with van der Waals surface area (Å²) in [5.41, 5.74) is 5.77. The second kappa shape index (κ2) is 4.96. The molecule has 0 amide bonds. The van der Waals surface area contributed by atoms with Crippen LogP contribution < -0.4 is 10.5 Å². The lowest BCUT2D eigenvalue weighted by Crippen LogP contribution is -2.25. The van der Waals surface area contributed by atoms with Crippen LogP contribution in [0.25, 0.3) is 0 Å². The minimum Gasteiger partial charge on any atom is -0.492 e. The lowest BCUT2D eigenvalue weighted by atomic mass is 9.90. The fourth-order valence-electron chi connectivity index (χ4n) is 0.980. The molecule has 0 fully saturated rings. The van der Waals surface area contributed by atoms with Crippen LogP contribution in [0.5, 0.6) is 5.75 Å². The zero-order valence-corrected chi connectivity index (χ0v) is 8.86. The fraction of sp³-hybridized carbons (Fsp3) is 0.545. The van der Waals surface area contributed by atoms with E-state index < -0.39 is 0 Å². The fourth-order valence-corrected chi connectivity index (χ4v) is 0.980. The molecule has 1 aromatic heterocycles. The van der Waals surface area contributed by atoms with Crippen molar-refractivity contribution in [3.05, 3.63) is 24.5 Å². The van der Waals surface area contributed by atoms with Gasteiger partial charge in [0, 0.05) is 6.20 Å². The second-order valence-electron chi connectivity index (χ2n) is 4.16. The van der Waals surface area contributed by atoms with Crippen LogP contribution in [-0.4, -0.2) is 18.1 Å². The van der Waals surface area contributed by atoms with Gasteiger partial charge in [0.05, 0.1) is 12.8 Å². The Balaban J connectivity index is 2.29. The highest BCUT2D eigenvalue weighted by Gasteiger charge is 2.14. The van der Waals surface area contributed by atoms with E-state index in [1.807, 2.05) is 12.1 Å². The number of aromatic nitrogens is 1. The van der Waals surface area contributed by atoms with Crippen LogP contribution in [0.15, 0.2) is 24.5 Å². The molecule has 0 saturated carbocycles. The molecule has 78 valence electrons. The zero-order chi connectivity index (χ0) is 10.4. The topological polar surface area (TPSA) is 48.1 Å². The summed E-state index contributed by atoms with van der Waals surface area (Å²) in [4.78, 5) is 3.97. The summed E-state index contributed by atoms with van der Waals surface area (Å²) in [5, 5.41) is 0. The van der Waals surface area contributed by atoms with Crippen molar-refractivity contribution in [1.82, 2.24) is 4.98 Å². The SMILES string of the molecule is CC(C)(CN)CCOc1cccnc1. The van der Waals surface area contributed by atoms with Crippen LogP contribution in [-0.2, 0) is 0 Å². The molecule has 3 nitrogen and oxygen atoms in total. The third-order valence-corrected chi connectivity index (χ3v) is 2.23. The van der Waals surface area contributed by atoms with E-state index in [9.17, 15) is 0 Å². The third-order valence-electron chi connectivity index (χ3n) is 2.23. The molecule has 0 saturated heterocycles. The molecule has 1 heterocycles. The monoisotopic (exact) mass is 194 g/mol. The molecule has 3 heteroatoms. The van der Waals surface area contributed by atoms with Crippen LogP contribution in [0, 0.1) is 5.41 Å². The summed E-state index contributed by atoms with van der Waals surface area (Å²) in [7, 11) is 0. The van der Waals surface area contributed by atoms with Gasteiger partial charge >= 0.3 is 0 Å². The number of rotatable bonds is 5. The van der Waals surface area contributed by atoms with Crippen LogP contribution in [0.2, 0.25) is 0 Å². The van der Waals surface area contributed by atoms with Gasteiger partial charge in [-0.3, -0.25) is 4.98 Å². The van der Waals surface area contributed by atoms with Crippen LogP contribution in [0.4, 0.5) is 0 Å². The van der Waals surface area contributed by atoms with Gasteiger partial charge in [-0.2, -0.15) is 0 Å². The predicted molar refractivity (Wildman–Crippen MR) is 57.2 cm³/mol. The van der Waals surface area contributed by atoms with Crippen molar-refractivity contribution >= 4 is 0 Å². The lowest BCUT2D eigenvalue weighted by molar-refractivity contribution is 0.233. The number of hydrogen-bond acceptors (Lipinski definition) is 3. The Bertz CT molecular complexity index is 259. The lowest BCUT2D eigenvalue weighted by Gasteiger charge is -2.21. The summed E-state index contributed by atoms with van der Waals surface area (Å²) in [6, 6.07) is 3.77. The van der Waals surface area contributed by atoms with Crippen molar-refractivity contribution in [3.63, 3.8) is 0 Å². The first kappa shape index (κ1) is 11.0. The summed E-state index contributed by atoms with van der Waals surface area (Å²) in [6.07, 6.45) is 4.41. The molecule has 0 aliphatic heterocycles. The van der Waals surface area contributed by atoms with E-state index in [-0.39, 0.29) is 5.41 Å². The highest BCUT2D eigenvalue weighted by atomic mass is 16.5. The highest BCUT2D eigenvalue weighted by Crippen LogP contribution is 2.18. The van der Waals surface area contributed by atoms with E-state index in [0.717, 1.165) is 12.2 Å². The molecule has 14 heavy (non-hydrogen) atoms. The average Bonchev–Trinajstić information content (AvgIpc) is 2.19. The highest BCUT2D eigenvalue weighted by molar-refractivity contribution is 5.15. The molecule has 0 bridgehead atoms. The van der Waals surface area contributed by atoms with Gasteiger partial charge in [0.25, 0.3) is 0 Å². The minimum absolute atomic E-state index is 0.155. The Labute approximate surface area is 85.3 Å². The first-order chi connectivity index (χ1) is 6.64. The van der Waals surface area contributed by atoms with Crippen LogP contribution in [0.3, 0.4) is 0 Å². The van der Waals surface area contributed by atoms with E-state index in [4.69, 9.17) is 10.5 Å². The number of ether oxygens (including phenoxy) is 1. The summed E-state index contributed by atoms with van der Waals surface area (Å²) in [6.45, 7) is 5.65. The molecule has 2 N–H and O–H groups in total. The molecule has 1 rings (SSSR count). The smallest absolute Gasteiger partial charge is 0.137 e. The second-order valence-corrected chi connectivity index (χ2v) is 4.16. The van der Waals surface area contributed by atoms with Gasteiger partial charge in [0.15, 0.2) is 0 Å². The Morgan fingerprint density at radius 3 is 2.86 bits per heavy atom. The first-order valence-corrected chi connectivity index (χ1v) is 4.87. The Kier molecular flexibility index (Phi) is 3.89. The van der Waals surface area contributed by atoms with Crippen molar-refractivity contribution in [1.29, 1.82) is 0 Å². The molecular formula is C11H18N2O. The van der Waals surface area contributed by atoms with Gasteiger partial charge < -0.3 is 10.5 Å². The van der Waals surface area contributed by atoms with Crippen LogP contribution >= 0.6 is 0 Å². The van der Waals surface area contributed by atoms with E-state index in [2.05, 4.69) is 18.8 Å². The minimum atomic E-state index is 0.155. The number of pyridine rings is 1.